The molecule has 2 heteroatoms. The molecule has 0 N–H and O–H groups in total. The van der Waals surface area contributed by atoms with Crippen LogP contribution in [0.2, 0.25) is 0 Å². The number of likely N-dealkylation sites (tertiary alicyclic amines) is 1. The Morgan fingerprint density at radius 3 is 2.14 bits per heavy atom. The highest BCUT2D eigenvalue weighted by molar-refractivity contribution is 5.82. The van der Waals surface area contributed by atoms with Crippen LogP contribution in [0.5, 0.6) is 0 Å². The number of hydrogen-bond donors (Lipinski definition) is 0. The van der Waals surface area contributed by atoms with Crippen molar-refractivity contribution in [3.8, 4) is 0 Å². The number of hydrogen-bond acceptors (Lipinski definition) is 2. The summed E-state index contributed by atoms with van der Waals surface area (Å²) in [6.45, 7) is 17.4. The van der Waals surface area contributed by atoms with E-state index in [9.17, 15) is 4.79 Å². The molecule has 2 fully saturated rings. The van der Waals surface area contributed by atoms with Gasteiger partial charge in [-0.1, -0.05) is 41.5 Å². The standard InChI is InChI=1S/C19H35NO/c1-18(2,3)15-7-8-17(21)14(11-15)12-20-10-9-16(13-20)19(4,5)6/h14-16H,7-13H2,1-6H3. The highest BCUT2D eigenvalue weighted by atomic mass is 16.1. The average Bonchev–Trinajstić information content (AvgIpc) is 2.79. The summed E-state index contributed by atoms with van der Waals surface area (Å²) in [5.74, 6) is 2.31. The molecule has 1 aliphatic heterocycles. The van der Waals surface area contributed by atoms with Gasteiger partial charge in [-0.25, -0.2) is 0 Å². The molecular weight excluding hydrogens is 258 g/mol. The van der Waals surface area contributed by atoms with E-state index in [1.54, 1.807) is 0 Å². The van der Waals surface area contributed by atoms with Crippen molar-refractivity contribution >= 4 is 5.78 Å². The molecule has 3 atom stereocenters. The Labute approximate surface area is 131 Å². The lowest BCUT2D eigenvalue weighted by Gasteiger charge is -2.38. The van der Waals surface area contributed by atoms with Gasteiger partial charge < -0.3 is 4.90 Å². The molecule has 1 heterocycles. The molecule has 2 rings (SSSR count). The third-order valence-electron chi connectivity index (χ3n) is 5.96. The Bertz CT molecular complexity index is 374. The SMILES string of the molecule is CC(C)(C)C1CCC(=O)C(CN2CCC(C(C)(C)C)C2)C1. The van der Waals surface area contributed by atoms with Gasteiger partial charge in [0.2, 0.25) is 0 Å². The zero-order valence-electron chi connectivity index (χ0n) is 15.0. The molecule has 0 amide bonds. The highest BCUT2D eigenvalue weighted by Gasteiger charge is 2.38. The molecule has 1 saturated carbocycles. The van der Waals surface area contributed by atoms with Gasteiger partial charge in [0.05, 0.1) is 0 Å². The van der Waals surface area contributed by atoms with Crippen molar-refractivity contribution in [1.29, 1.82) is 0 Å². The fraction of sp³-hybridized carbons (Fsp3) is 0.947. The zero-order valence-corrected chi connectivity index (χ0v) is 15.0. The van der Waals surface area contributed by atoms with Crippen molar-refractivity contribution < 1.29 is 4.79 Å². The summed E-state index contributed by atoms with van der Waals surface area (Å²) >= 11 is 0. The van der Waals surface area contributed by atoms with Crippen LogP contribution in [0.4, 0.5) is 0 Å². The van der Waals surface area contributed by atoms with Crippen LogP contribution >= 0.6 is 0 Å². The molecule has 21 heavy (non-hydrogen) atoms. The van der Waals surface area contributed by atoms with Crippen molar-refractivity contribution in [3.63, 3.8) is 0 Å². The molecule has 0 bridgehead atoms. The third-order valence-corrected chi connectivity index (χ3v) is 5.96. The van der Waals surface area contributed by atoms with Crippen LogP contribution in [-0.4, -0.2) is 30.3 Å². The first kappa shape index (κ1) is 17.0. The minimum absolute atomic E-state index is 0.293. The lowest BCUT2D eigenvalue weighted by atomic mass is 9.68. The van der Waals surface area contributed by atoms with E-state index in [1.807, 2.05) is 0 Å². The maximum atomic E-state index is 12.3. The maximum Gasteiger partial charge on any atom is 0.137 e. The van der Waals surface area contributed by atoms with Gasteiger partial charge in [-0.2, -0.15) is 0 Å². The van der Waals surface area contributed by atoms with Gasteiger partial charge in [-0.3, -0.25) is 4.79 Å². The predicted octanol–water partition coefficient (Wildman–Crippen LogP) is 4.39. The first-order chi connectivity index (χ1) is 9.57. The molecular formula is C19H35NO. The second kappa shape index (κ2) is 6.02. The molecule has 2 aliphatic rings. The van der Waals surface area contributed by atoms with Gasteiger partial charge in [0.15, 0.2) is 0 Å². The minimum atomic E-state index is 0.293. The smallest absolute Gasteiger partial charge is 0.137 e. The van der Waals surface area contributed by atoms with Gasteiger partial charge in [0.1, 0.15) is 5.78 Å². The summed E-state index contributed by atoms with van der Waals surface area (Å²) in [6.07, 6.45) is 4.32. The average molecular weight is 293 g/mol. The molecule has 0 spiro atoms. The van der Waals surface area contributed by atoms with E-state index in [0.29, 0.717) is 28.4 Å². The van der Waals surface area contributed by atoms with Gasteiger partial charge in [0, 0.05) is 25.4 Å². The Hall–Kier alpha value is -0.370. The first-order valence-electron chi connectivity index (χ1n) is 8.82. The van der Waals surface area contributed by atoms with Crippen LogP contribution in [0.1, 0.15) is 67.2 Å². The van der Waals surface area contributed by atoms with Crippen LogP contribution < -0.4 is 0 Å². The van der Waals surface area contributed by atoms with Crippen molar-refractivity contribution in [2.75, 3.05) is 19.6 Å². The molecule has 122 valence electrons. The van der Waals surface area contributed by atoms with E-state index in [-0.39, 0.29) is 0 Å². The van der Waals surface area contributed by atoms with E-state index in [1.165, 1.54) is 19.5 Å². The molecule has 3 unspecified atom stereocenters. The number of carbonyl (C=O) groups is 1. The quantitative estimate of drug-likeness (QED) is 0.753. The van der Waals surface area contributed by atoms with Gasteiger partial charge in [0.25, 0.3) is 0 Å². The lowest BCUT2D eigenvalue weighted by molar-refractivity contribution is -0.127. The van der Waals surface area contributed by atoms with E-state index in [2.05, 4.69) is 46.4 Å². The summed E-state index contributed by atoms with van der Waals surface area (Å²) in [6, 6.07) is 0. The van der Waals surface area contributed by atoms with Crippen molar-refractivity contribution in [3.05, 3.63) is 0 Å². The maximum absolute atomic E-state index is 12.3. The molecule has 1 aliphatic carbocycles. The van der Waals surface area contributed by atoms with Gasteiger partial charge in [-0.15, -0.1) is 0 Å². The highest BCUT2D eigenvalue weighted by Crippen LogP contribution is 2.40. The molecule has 2 nitrogen and oxygen atoms in total. The molecule has 0 aromatic heterocycles. The molecule has 0 radical (unpaired) electrons. The fourth-order valence-corrected chi connectivity index (χ4v) is 4.09. The van der Waals surface area contributed by atoms with Crippen LogP contribution in [0.25, 0.3) is 0 Å². The van der Waals surface area contributed by atoms with Crippen molar-refractivity contribution in [2.24, 2.45) is 28.6 Å². The first-order valence-corrected chi connectivity index (χ1v) is 8.82. The largest absolute Gasteiger partial charge is 0.302 e. The summed E-state index contributed by atoms with van der Waals surface area (Å²) in [7, 11) is 0. The Morgan fingerprint density at radius 2 is 1.62 bits per heavy atom. The van der Waals surface area contributed by atoms with E-state index in [4.69, 9.17) is 0 Å². The molecule has 0 aromatic rings. The van der Waals surface area contributed by atoms with Crippen molar-refractivity contribution in [2.45, 2.75) is 67.2 Å². The summed E-state index contributed by atoms with van der Waals surface area (Å²) in [5.41, 5.74) is 0.747. The van der Waals surface area contributed by atoms with E-state index >= 15 is 0 Å². The van der Waals surface area contributed by atoms with E-state index in [0.717, 1.165) is 31.7 Å². The van der Waals surface area contributed by atoms with Crippen molar-refractivity contribution in [1.82, 2.24) is 4.90 Å². The zero-order chi connectivity index (χ0) is 15.8. The van der Waals surface area contributed by atoms with Gasteiger partial charge >= 0.3 is 0 Å². The summed E-state index contributed by atoms with van der Waals surface area (Å²) in [5, 5.41) is 0. The number of rotatable bonds is 2. The number of ketones is 1. The molecule has 1 saturated heterocycles. The normalized spacial score (nSPS) is 32.7. The summed E-state index contributed by atoms with van der Waals surface area (Å²) < 4.78 is 0. The Balaban J connectivity index is 1.91. The molecule has 0 aromatic carbocycles. The monoisotopic (exact) mass is 293 g/mol. The second-order valence-corrected chi connectivity index (χ2v) is 9.61. The third kappa shape index (κ3) is 4.31. The lowest BCUT2D eigenvalue weighted by Crippen LogP contribution is -2.39. The predicted molar refractivity (Wildman–Crippen MR) is 89.3 cm³/mol. The Kier molecular flexibility index (Phi) is 4.87. The minimum Gasteiger partial charge on any atom is -0.302 e. The van der Waals surface area contributed by atoms with Crippen LogP contribution in [0.3, 0.4) is 0 Å². The number of carbonyl (C=O) groups excluding carboxylic acids is 1. The van der Waals surface area contributed by atoms with E-state index < -0.39 is 0 Å². The van der Waals surface area contributed by atoms with Crippen LogP contribution in [-0.2, 0) is 4.79 Å². The van der Waals surface area contributed by atoms with Crippen LogP contribution in [0, 0.1) is 28.6 Å². The number of Topliss-reactive ketones (excluding diaryl/α,β-unsaturated/α-hetero) is 1. The number of nitrogens with zero attached hydrogens (tertiary/aromatic N) is 1. The second-order valence-electron chi connectivity index (χ2n) is 9.61. The van der Waals surface area contributed by atoms with Crippen LogP contribution in [0.15, 0.2) is 0 Å². The summed E-state index contributed by atoms with van der Waals surface area (Å²) in [4.78, 5) is 14.9. The fourth-order valence-electron chi connectivity index (χ4n) is 4.09. The van der Waals surface area contributed by atoms with Gasteiger partial charge in [-0.05, 0) is 48.5 Å². The topological polar surface area (TPSA) is 20.3 Å². The Morgan fingerprint density at radius 1 is 1.00 bits per heavy atom.